The van der Waals surface area contributed by atoms with E-state index < -0.39 is 0 Å². The van der Waals surface area contributed by atoms with E-state index >= 15 is 0 Å². The molecule has 0 saturated heterocycles. The Hall–Kier alpha value is -0.690. The van der Waals surface area contributed by atoms with Gasteiger partial charge in [-0.1, -0.05) is 27.7 Å². The fraction of sp³-hybridized carbons (Fsp3) is 0.941. The van der Waals surface area contributed by atoms with Crippen LogP contribution in [-0.4, -0.2) is 65.2 Å². The third kappa shape index (κ3) is 19.3. The molecule has 138 valence electrons. The zero-order chi connectivity index (χ0) is 17.3. The van der Waals surface area contributed by atoms with Crippen molar-refractivity contribution < 1.29 is 19.0 Å². The van der Waals surface area contributed by atoms with Gasteiger partial charge in [0.05, 0.1) is 39.6 Å². The fourth-order valence-corrected chi connectivity index (χ4v) is 1.66. The molecule has 6 heteroatoms. The van der Waals surface area contributed by atoms with Gasteiger partial charge in [0.15, 0.2) is 0 Å². The van der Waals surface area contributed by atoms with Gasteiger partial charge in [0.1, 0.15) is 0 Å². The Morgan fingerprint density at radius 3 is 1.96 bits per heavy atom. The van der Waals surface area contributed by atoms with Crippen LogP contribution in [-0.2, 0) is 19.0 Å². The van der Waals surface area contributed by atoms with Crippen LogP contribution in [0.15, 0.2) is 0 Å². The molecule has 0 aliphatic carbocycles. The summed E-state index contributed by atoms with van der Waals surface area (Å²) < 4.78 is 16.2. The molecule has 0 heterocycles. The fourth-order valence-electron chi connectivity index (χ4n) is 1.66. The van der Waals surface area contributed by atoms with Crippen LogP contribution in [0.5, 0.6) is 0 Å². The molecular weight excluding hydrogens is 296 g/mol. The van der Waals surface area contributed by atoms with E-state index in [-0.39, 0.29) is 5.91 Å². The average molecular weight is 332 g/mol. The van der Waals surface area contributed by atoms with E-state index in [1.807, 2.05) is 0 Å². The van der Waals surface area contributed by atoms with Gasteiger partial charge in [0, 0.05) is 13.2 Å². The predicted octanol–water partition coefficient (Wildman–Crippen LogP) is 1.44. The molecule has 0 fully saturated rings. The molecule has 6 nitrogen and oxygen atoms in total. The summed E-state index contributed by atoms with van der Waals surface area (Å²) >= 11 is 0. The van der Waals surface area contributed by atoms with Crippen molar-refractivity contribution in [2.45, 2.75) is 34.1 Å². The Kier molecular flexibility index (Phi) is 15.7. The standard InChI is InChI=1S/C17H36N2O4/c1-15(2)5-7-21-9-11-23-12-10-22-8-6-19-17(20)14-18-13-16(3)4/h15-16,18H,5-14H2,1-4H3,(H,19,20). The second-order valence-electron chi connectivity index (χ2n) is 6.39. The predicted molar refractivity (Wildman–Crippen MR) is 92.6 cm³/mol. The van der Waals surface area contributed by atoms with Gasteiger partial charge in [-0.3, -0.25) is 4.79 Å². The van der Waals surface area contributed by atoms with Crippen molar-refractivity contribution in [3.05, 3.63) is 0 Å². The van der Waals surface area contributed by atoms with Crippen LogP contribution in [0, 0.1) is 11.8 Å². The van der Waals surface area contributed by atoms with Gasteiger partial charge in [-0.05, 0) is 24.8 Å². The number of carbonyl (C=O) groups excluding carboxylic acids is 1. The van der Waals surface area contributed by atoms with E-state index in [1.54, 1.807) is 0 Å². The summed E-state index contributed by atoms with van der Waals surface area (Å²) in [4.78, 5) is 11.5. The molecule has 0 aromatic heterocycles. The van der Waals surface area contributed by atoms with Gasteiger partial charge in [-0.2, -0.15) is 0 Å². The summed E-state index contributed by atoms with van der Waals surface area (Å²) in [5, 5.41) is 5.90. The van der Waals surface area contributed by atoms with Crippen LogP contribution < -0.4 is 10.6 Å². The van der Waals surface area contributed by atoms with E-state index in [2.05, 4.69) is 38.3 Å². The first kappa shape index (κ1) is 22.3. The number of carbonyl (C=O) groups is 1. The summed E-state index contributed by atoms with van der Waals surface area (Å²) in [5.74, 6) is 1.23. The topological polar surface area (TPSA) is 68.8 Å². The van der Waals surface area contributed by atoms with Crippen LogP contribution in [0.25, 0.3) is 0 Å². The average Bonchev–Trinajstić information content (AvgIpc) is 2.47. The van der Waals surface area contributed by atoms with Gasteiger partial charge in [0.2, 0.25) is 5.91 Å². The van der Waals surface area contributed by atoms with E-state index in [4.69, 9.17) is 14.2 Å². The molecule has 0 aliphatic heterocycles. The highest BCUT2D eigenvalue weighted by Gasteiger charge is 2.00. The van der Waals surface area contributed by atoms with Crippen LogP contribution in [0.2, 0.25) is 0 Å². The summed E-state index contributed by atoms with van der Waals surface area (Å²) in [6.45, 7) is 13.9. The van der Waals surface area contributed by atoms with E-state index in [1.165, 1.54) is 0 Å². The maximum Gasteiger partial charge on any atom is 0.234 e. The summed E-state index contributed by atoms with van der Waals surface area (Å²) in [6.07, 6.45) is 1.09. The van der Waals surface area contributed by atoms with E-state index in [9.17, 15) is 4.79 Å². The van der Waals surface area contributed by atoms with Crippen molar-refractivity contribution in [3.63, 3.8) is 0 Å². The third-order valence-corrected chi connectivity index (χ3v) is 2.99. The van der Waals surface area contributed by atoms with E-state index in [0.717, 1.165) is 19.6 Å². The lowest BCUT2D eigenvalue weighted by Gasteiger charge is -2.09. The van der Waals surface area contributed by atoms with Crippen molar-refractivity contribution in [2.24, 2.45) is 11.8 Å². The molecule has 0 aliphatic rings. The maximum absolute atomic E-state index is 11.5. The molecule has 0 radical (unpaired) electrons. The Bertz CT molecular complexity index is 273. The second kappa shape index (κ2) is 16.2. The Morgan fingerprint density at radius 2 is 1.39 bits per heavy atom. The van der Waals surface area contributed by atoms with Crippen LogP contribution in [0.3, 0.4) is 0 Å². The van der Waals surface area contributed by atoms with Crippen molar-refractivity contribution in [2.75, 3.05) is 59.3 Å². The third-order valence-electron chi connectivity index (χ3n) is 2.99. The molecule has 0 spiro atoms. The van der Waals surface area contributed by atoms with Crippen molar-refractivity contribution in [3.8, 4) is 0 Å². The second-order valence-corrected chi connectivity index (χ2v) is 6.39. The maximum atomic E-state index is 11.5. The number of hydrogen-bond donors (Lipinski definition) is 2. The first-order chi connectivity index (χ1) is 11.0. The monoisotopic (exact) mass is 332 g/mol. The van der Waals surface area contributed by atoms with Crippen molar-refractivity contribution >= 4 is 5.91 Å². The molecule has 0 unspecified atom stereocenters. The Balaban J connectivity index is 3.14. The molecule has 1 amide bonds. The molecule has 23 heavy (non-hydrogen) atoms. The largest absolute Gasteiger partial charge is 0.379 e. The molecule has 0 atom stereocenters. The molecule has 0 bridgehead atoms. The molecule has 0 saturated carbocycles. The lowest BCUT2D eigenvalue weighted by Crippen LogP contribution is -2.36. The smallest absolute Gasteiger partial charge is 0.234 e. The van der Waals surface area contributed by atoms with Gasteiger partial charge >= 0.3 is 0 Å². The number of rotatable bonds is 16. The molecule has 0 aromatic rings. The zero-order valence-electron chi connectivity index (χ0n) is 15.4. The number of hydrogen-bond acceptors (Lipinski definition) is 5. The number of ether oxygens (including phenoxy) is 3. The Morgan fingerprint density at radius 1 is 0.826 bits per heavy atom. The Labute approximate surface area is 141 Å². The highest BCUT2D eigenvalue weighted by atomic mass is 16.5. The summed E-state index contributed by atoms with van der Waals surface area (Å²) in [5.41, 5.74) is 0. The van der Waals surface area contributed by atoms with Gasteiger partial charge in [-0.25, -0.2) is 0 Å². The van der Waals surface area contributed by atoms with Crippen molar-refractivity contribution in [1.82, 2.24) is 10.6 Å². The SMILES string of the molecule is CC(C)CCOCCOCCOCCNC(=O)CNCC(C)C. The van der Waals surface area contributed by atoms with Crippen LogP contribution >= 0.6 is 0 Å². The van der Waals surface area contributed by atoms with E-state index in [0.29, 0.717) is 58.0 Å². The summed E-state index contributed by atoms with van der Waals surface area (Å²) in [7, 11) is 0. The number of amides is 1. The first-order valence-corrected chi connectivity index (χ1v) is 8.73. The highest BCUT2D eigenvalue weighted by Crippen LogP contribution is 1.98. The van der Waals surface area contributed by atoms with Crippen molar-refractivity contribution in [1.29, 1.82) is 0 Å². The zero-order valence-corrected chi connectivity index (χ0v) is 15.4. The molecule has 0 aromatic carbocycles. The minimum Gasteiger partial charge on any atom is -0.379 e. The van der Waals surface area contributed by atoms with Gasteiger partial charge in [0.25, 0.3) is 0 Å². The molecule has 2 N–H and O–H groups in total. The lowest BCUT2D eigenvalue weighted by atomic mass is 10.1. The number of nitrogens with one attached hydrogen (secondary N) is 2. The molecule has 0 rings (SSSR count). The normalized spacial score (nSPS) is 11.4. The van der Waals surface area contributed by atoms with Gasteiger partial charge < -0.3 is 24.8 Å². The lowest BCUT2D eigenvalue weighted by molar-refractivity contribution is -0.120. The minimum atomic E-state index is 0.00375. The quantitative estimate of drug-likeness (QED) is 0.419. The minimum absolute atomic E-state index is 0.00375. The highest BCUT2D eigenvalue weighted by molar-refractivity contribution is 5.77. The van der Waals surface area contributed by atoms with Crippen LogP contribution in [0.1, 0.15) is 34.1 Å². The van der Waals surface area contributed by atoms with Gasteiger partial charge in [-0.15, -0.1) is 0 Å². The first-order valence-electron chi connectivity index (χ1n) is 8.73. The van der Waals surface area contributed by atoms with Crippen LogP contribution in [0.4, 0.5) is 0 Å². The summed E-state index contributed by atoms with van der Waals surface area (Å²) in [6, 6.07) is 0. The molecular formula is C17H36N2O4.